The molecule has 7 heteroatoms. The van der Waals surface area contributed by atoms with Gasteiger partial charge in [0.05, 0.1) is 17.7 Å². The van der Waals surface area contributed by atoms with E-state index in [4.69, 9.17) is 4.74 Å². The highest BCUT2D eigenvalue weighted by Gasteiger charge is 2.17. The molecule has 2 N–H and O–H groups in total. The number of carbonyl (C=O) groups is 1. The van der Waals surface area contributed by atoms with E-state index < -0.39 is 10.0 Å². The van der Waals surface area contributed by atoms with Crippen LogP contribution in [0.2, 0.25) is 0 Å². The first-order valence-corrected chi connectivity index (χ1v) is 10.4. The third kappa shape index (κ3) is 4.75. The number of rotatable bonds is 6. The van der Waals surface area contributed by atoms with Gasteiger partial charge in [0.2, 0.25) is 0 Å². The highest BCUT2D eigenvalue weighted by molar-refractivity contribution is 7.92. The van der Waals surface area contributed by atoms with Crippen molar-refractivity contribution < 1.29 is 17.9 Å². The van der Waals surface area contributed by atoms with Gasteiger partial charge in [0.15, 0.2) is 0 Å². The fraction of sp³-hybridized carbons (Fsp3) is 0.136. The standard InChI is InChI=1S/C22H22N2O4S/c1-15-5-4-6-16(2)21(15)24-29(26,27)20-13-9-18(10-14-20)23-22(25)17-7-11-19(28-3)12-8-17/h4-14,24H,1-3H3,(H,23,25). The Bertz CT molecular complexity index is 1100. The number of sulfonamides is 1. The third-order valence-electron chi connectivity index (χ3n) is 4.49. The second-order valence-corrected chi connectivity index (χ2v) is 8.26. The Hall–Kier alpha value is -3.32. The molecule has 0 saturated heterocycles. The van der Waals surface area contributed by atoms with Gasteiger partial charge in [-0.1, -0.05) is 18.2 Å². The molecular formula is C22H22N2O4S. The number of anilines is 2. The third-order valence-corrected chi connectivity index (χ3v) is 5.86. The molecule has 1 amide bonds. The molecule has 0 heterocycles. The summed E-state index contributed by atoms with van der Waals surface area (Å²) < 4.78 is 33.1. The second-order valence-electron chi connectivity index (χ2n) is 6.58. The van der Waals surface area contributed by atoms with E-state index in [1.807, 2.05) is 32.0 Å². The molecule has 0 aliphatic carbocycles. The Morgan fingerprint density at radius 3 is 2.00 bits per heavy atom. The highest BCUT2D eigenvalue weighted by atomic mass is 32.2. The van der Waals surface area contributed by atoms with Crippen molar-refractivity contribution in [3.8, 4) is 5.75 Å². The SMILES string of the molecule is COc1ccc(C(=O)Nc2ccc(S(=O)(=O)Nc3c(C)cccc3C)cc2)cc1. The minimum atomic E-state index is -3.74. The van der Waals surface area contributed by atoms with Crippen molar-refractivity contribution >= 4 is 27.3 Å². The lowest BCUT2D eigenvalue weighted by Gasteiger charge is -2.13. The van der Waals surface area contributed by atoms with E-state index in [0.29, 0.717) is 22.7 Å². The Morgan fingerprint density at radius 2 is 1.45 bits per heavy atom. The van der Waals surface area contributed by atoms with Gasteiger partial charge < -0.3 is 10.1 Å². The number of benzene rings is 3. The molecule has 150 valence electrons. The molecule has 3 aromatic carbocycles. The Balaban J connectivity index is 1.74. The Kier molecular flexibility index (Phi) is 5.89. The summed E-state index contributed by atoms with van der Waals surface area (Å²) in [6.07, 6.45) is 0. The monoisotopic (exact) mass is 410 g/mol. The number of carbonyl (C=O) groups excluding carboxylic acids is 1. The van der Waals surface area contributed by atoms with E-state index in [-0.39, 0.29) is 10.8 Å². The highest BCUT2D eigenvalue weighted by Crippen LogP contribution is 2.24. The predicted octanol–water partition coefficient (Wildman–Crippen LogP) is 4.37. The van der Waals surface area contributed by atoms with E-state index in [2.05, 4.69) is 10.0 Å². The molecule has 0 unspecified atom stereocenters. The molecule has 0 atom stereocenters. The first-order chi connectivity index (χ1) is 13.8. The normalized spacial score (nSPS) is 11.0. The van der Waals surface area contributed by atoms with Crippen LogP contribution in [0.3, 0.4) is 0 Å². The predicted molar refractivity (Wildman–Crippen MR) is 114 cm³/mol. The lowest BCUT2D eigenvalue weighted by molar-refractivity contribution is 0.102. The van der Waals surface area contributed by atoms with Crippen molar-refractivity contribution in [3.05, 3.63) is 83.4 Å². The van der Waals surface area contributed by atoms with Gasteiger partial charge in [0.25, 0.3) is 15.9 Å². The largest absolute Gasteiger partial charge is 0.497 e. The summed E-state index contributed by atoms with van der Waals surface area (Å²) in [7, 11) is -2.18. The van der Waals surface area contributed by atoms with Gasteiger partial charge in [-0.2, -0.15) is 0 Å². The average Bonchev–Trinajstić information content (AvgIpc) is 2.71. The first kappa shape index (κ1) is 20.4. The number of hydrogen-bond donors (Lipinski definition) is 2. The molecule has 0 fully saturated rings. The summed E-state index contributed by atoms with van der Waals surface area (Å²) >= 11 is 0. The number of ether oxygens (including phenoxy) is 1. The number of aryl methyl sites for hydroxylation is 2. The quantitative estimate of drug-likeness (QED) is 0.632. The lowest BCUT2D eigenvalue weighted by atomic mass is 10.1. The molecule has 0 radical (unpaired) electrons. The van der Waals surface area contributed by atoms with Gasteiger partial charge >= 0.3 is 0 Å². The number of para-hydroxylation sites is 1. The van der Waals surface area contributed by atoms with Crippen LogP contribution < -0.4 is 14.8 Å². The molecule has 0 aliphatic heterocycles. The smallest absolute Gasteiger partial charge is 0.261 e. The maximum Gasteiger partial charge on any atom is 0.261 e. The molecule has 0 saturated carbocycles. The number of nitrogens with one attached hydrogen (secondary N) is 2. The maximum absolute atomic E-state index is 12.7. The van der Waals surface area contributed by atoms with Gasteiger partial charge in [0, 0.05) is 11.3 Å². The van der Waals surface area contributed by atoms with E-state index in [1.54, 1.807) is 43.5 Å². The fourth-order valence-corrected chi connectivity index (χ4v) is 4.03. The molecule has 0 bridgehead atoms. The summed E-state index contributed by atoms with van der Waals surface area (Å²) in [4.78, 5) is 12.4. The van der Waals surface area contributed by atoms with Crippen molar-refractivity contribution in [2.45, 2.75) is 18.7 Å². The summed E-state index contributed by atoms with van der Waals surface area (Å²) in [5.41, 5.74) is 3.23. The molecule has 3 rings (SSSR count). The second kappa shape index (κ2) is 8.36. The van der Waals surface area contributed by atoms with Crippen LogP contribution in [0, 0.1) is 13.8 Å². The number of amides is 1. The van der Waals surface area contributed by atoms with Crippen LogP contribution in [0.1, 0.15) is 21.5 Å². The zero-order valence-electron chi connectivity index (χ0n) is 16.4. The van der Waals surface area contributed by atoms with Crippen molar-refractivity contribution in [3.63, 3.8) is 0 Å². The maximum atomic E-state index is 12.7. The van der Waals surface area contributed by atoms with Crippen molar-refractivity contribution in [2.24, 2.45) is 0 Å². The lowest BCUT2D eigenvalue weighted by Crippen LogP contribution is -2.15. The van der Waals surface area contributed by atoms with Crippen molar-refractivity contribution in [1.29, 1.82) is 0 Å². The Morgan fingerprint density at radius 1 is 0.862 bits per heavy atom. The van der Waals surface area contributed by atoms with E-state index in [1.165, 1.54) is 12.1 Å². The zero-order chi connectivity index (χ0) is 21.0. The molecule has 0 aliphatic rings. The zero-order valence-corrected chi connectivity index (χ0v) is 17.2. The van der Waals surface area contributed by atoms with Crippen molar-refractivity contribution in [2.75, 3.05) is 17.1 Å². The average molecular weight is 410 g/mol. The van der Waals surface area contributed by atoms with Gasteiger partial charge in [-0.25, -0.2) is 8.42 Å². The Labute approximate surface area is 170 Å². The minimum Gasteiger partial charge on any atom is -0.497 e. The van der Waals surface area contributed by atoms with Crippen LogP contribution in [0.15, 0.2) is 71.6 Å². The summed E-state index contributed by atoms with van der Waals surface area (Å²) in [6, 6.07) is 18.3. The molecule has 0 spiro atoms. The van der Waals surface area contributed by atoms with E-state index in [0.717, 1.165) is 11.1 Å². The van der Waals surface area contributed by atoms with E-state index >= 15 is 0 Å². The minimum absolute atomic E-state index is 0.114. The molecule has 6 nitrogen and oxygen atoms in total. The fourth-order valence-electron chi connectivity index (χ4n) is 2.83. The van der Waals surface area contributed by atoms with Crippen LogP contribution in [-0.2, 0) is 10.0 Å². The molecule has 3 aromatic rings. The van der Waals surface area contributed by atoms with Gasteiger partial charge in [-0.05, 0) is 73.5 Å². The van der Waals surface area contributed by atoms with Crippen LogP contribution in [0.25, 0.3) is 0 Å². The van der Waals surface area contributed by atoms with Crippen LogP contribution >= 0.6 is 0 Å². The number of methoxy groups -OCH3 is 1. The summed E-state index contributed by atoms with van der Waals surface area (Å²) in [6.45, 7) is 3.70. The van der Waals surface area contributed by atoms with Gasteiger partial charge in [-0.15, -0.1) is 0 Å². The van der Waals surface area contributed by atoms with Gasteiger partial charge in [-0.3, -0.25) is 9.52 Å². The van der Waals surface area contributed by atoms with Gasteiger partial charge in [0.1, 0.15) is 5.75 Å². The van der Waals surface area contributed by atoms with Crippen molar-refractivity contribution in [1.82, 2.24) is 0 Å². The first-order valence-electron chi connectivity index (χ1n) is 8.94. The molecule has 29 heavy (non-hydrogen) atoms. The van der Waals surface area contributed by atoms with Crippen LogP contribution in [0.5, 0.6) is 5.75 Å². The topological polar surface area (TPSA) is 84.5 Å². The number of hydrogen-bond acceptors (Lipinski definition) is 4. The van der Waals surface area contributed by atoms with Crippen LogP contribution in [0.4, 0.5) is 11.4 Å². The summed E-state index contributed by atoms with van der Waals surface area (Å²) in [5, 5.41) is 2.75. The molecule has 0 aromatic heterocycles. The summed E-state index contributed by atoms with van der Waals surface area (Å²) in [5.74, 6) is 0.365. The molecular weight excluding hydrogens is 388 g/mol. The van der Waals surface area contributed by atoms with Crippen LogP contribution in [-0.4, -0.2) is 21.4 Å². The van der Waals surface area contributed by atoms with E-state index in [9.17, 15) is 13.2 Å².